The van der Waals surface area contributed by atoms with Crippen molar-refractivity contribution >= 4 is 11.6 Å². The van der Waals surface area contributed by atoms with Crippen molar-refractivity contribution in [2.75, 3.05) is 6.54 Å². The van der Waals surface area contributed by atoms with Gasteiger partial charge in [0.25, 0.3) is 0 Å². The van der Waals surface area contributed by atoms with Crippen molar-refractivity contribution in [2.24, 2.45) is 0 Å². The lowest BCUT2D eigenvalue weighted by Crippen LogP contribution is -2.25. The third-order valence-corrected chi connectivity index (χ3v) is 3.58. The van der Waals surface area contributed by atoms with Crippen LogP contribution in [0.5, 0.6) is 0 Å². The smallest absolute Gasteiger partial charge is 0.128 e. The SMILES string of the molecule is CCCNC(Cc1ccc(Cl)cc1)c1cc(F)ccc1F. The van der Waals surface area contributed by atoms with Crippen molar-refractivity contribution in [2.45, 2.75) is 25.8 Å². The van der Waals surface area contributed by atoms with Crippen LogP contribution in [0.4, 0.5) is 8.78 Å². The Kier molecular flexibility index (Phi) is 5.71. The molecule has 0 fully saturated rings. The van der Waals surface area contributed by atoms with Gasteiger partial charge < -0.3 is 5.32 Å². The van der Waals surface area contributed by atoms with Crippen molar-refractivity contribution in [1.29, 1.82) is 0 Å². The lowest BCUT2D eigenvalue weighted by molar-refractivity contribution is 0.490. The minimum absolute atomic E-state index is 0.262. The molecule has 0 bridgehead atoms. The molecule has 112 valence electrons. The lowest BCUT2D eigenvalue weighted by atomic mass is 9.98. The fourth-order valence-electron chi connectivity index (χ4n) is 2.25. The second kappa shape index (κ2) is 7.53. The molecule has 0 aromatic heterocycles. The number of nitrogens with one attached hydrogen (secondary N) is 1. The minimum atomic E-state index is -0.425. The molecule has 0 amide bonds. The summed E-state index contributed by atoms with van der Waals surface area (Å²) in [5.74, 6) is -0.815. The maximum absolute atomic E-state index is 14.0. The van der Waals surface area contributed by atoms with Crippen LogP contribution in [0.3, 0.4) is 0 Å². The molecule has 0 radical (unpaired) electrons. The van der Waals surface area contributed by atoms with Crippen molar-refractivity contribution < 1.29 is 8.78 Å². The van der Waals surface area contributed by atoms with Crippen LogP contribution in [0.1, 0.15) is 30.5 Å². The summed E-state index contributed by atoms with van der Waals surface area (Å²) in [6.07, 6.45) is 1.51. The number of rotatable bonds is 6. The molecule has 21 heavy (non-hydrogen) atoms. The van der Waals surface area contributed by atoms with Crippen molar-refractivity contribution in [3.8, 4) is 0 Å². The maximum atomic E-state index is 14.0. The van der Waals surface area contributed by atoms with E-state index in [1.165, 1.54) is 12.1 Å². The van der Waals surface area contributed by atoms with Gasteiger partial charge in [0.05, 0.1) is 0 Å². The second-order valence-electron chi connectivity index (χ2n) is 5.00. The Bertz CT molecular complexity index is 584. The molecule has 0 aliphatic carbocycles. The highest BCUT2D eigenvalue weighted by Crippen LogP contribution is 2.23. The number of hydrogen-bond acceptors (Lipinski definition) is 1. The van der Waals surface area contributed by atoms with E-state index in [4.69, 9.17) is 11.6 Å². The summed E-state index contributed by atoms with van der Waals surface area (Å²) in [6, 6.07) is 10.7. The van der Waals surface area contributed by atoms with Crippen LogP contribution in [-0.2, 0) is 6.42 Å². The molecule has 0 spiro atoms. The topological polar surface area (TPSA) is 12.0 Å². The average Bonchev–Trinajstić information content (AvgIpc) is 2.48. The molecule has 2 rings (SSSR count). The van der Waals surface area contributed by atoms with E-state index in [-0.39, 0.29) is 11.9 Å². The van der Waals surface area contributed by atoms with Gasteiger partial charge >= 0.3 is 0 Å². The molecule has 1 N–H and O–H groups in total. The van der Waals surface area contributed by atoms with E-state index in [2.05, 4.69) is 5.32 Å². The molecular formula is C17H18ClF2N. The second-order valence-corrected chi connectivity index (χ2v) is 5.44. The van der Waals surface area contributed by atoms with Crippen LogP contribution in [0.25, 0.3) is 0 Å². The van der Waals surface area contributed by atoms with E-state index < -0.39 is 5.82 Å². The van der Waals surface area contributed by atoms with E-state index in [9.17, 15) is 8.78 Å². The first-order valence-corrected chi connectivity index (χ1v) is 7.40. The van der Waals surface area contributed by atoms with E-state index in [0.717, 1.165) is 24.6 Å². The zero-order chi connectivity index (χ0) is 15.2. The van der Waals surface area contributed by atoms with Gasteiger partial charge in [0.1, 0.15) is 11.6 Å². The van der Waals surface area contributed by atoms with Gasteiger partial charge in [-0.3, -0.25) is 0 Å². The van der Waals surface area contributed by atoms with Crippen molar-refractivity contribution in [3.63, 3.8) is 0 Å². The molecule has 1 unspecified atom stereocenters. The lowest BCUT2D eigenvalue weighted by Gasteiger charge is -2.20. The molecule has 0 saturated heterocycles. The summed E-state index contributed by atoms with van der Waals surface area (Å²) in [4.78, 5) is 0. The summed E-state index contributed by atoms with van der Waals surface area (Å²) in [5.41, 5.74) is 1.38. The van der Waals surface area contributed by atoms with Crippen LogP contribution in [0.15, 0.2) is 42.5 Å². The molecule has 0 aliphatic heterocycles. The molecule has 2 aromatic carbocycles. The van der Waals surface area contributed by atoms with E-state index in [0.29, 0.717) is 17.0 Å². The van der Waals surface area contributed by atoms with Crippen LogP contribution in [-0.4, -0.2) is 6.54 Å². The monoisotopic (exact) mass is 309 g/mol. The van der Waals surface area contributed by atoms with Gasteiger partial charge in [-0.2, -0.15) is 0 Å². The first-order chi connectivity index (χ1) is 10.1. The average molecular weight is 310 g/mol. The summed E-state index contributed by atoms with van der Waals surface area (Å²) in [6.45, 7) is 2.78. The number of benzene rings is 2. The molecule has 1 nitrogen and oxygen atoms in total. The molecule has 0 saturated carbocycles. The van der Waals surface area contributed by atoms with E-state index >= 15 is 0 Å². The Morgan fingerprint density at radius 2 is 1.81 bits per heavy atom. The zero-order valence-electron chi connectivity index (χ0n) is 11.9. The predicted molar refractivity (Wildman–Crippen MR) is 82.5 cm³/mol. The normalized spacial score (nSPS) is 12.4. The fraction of sp³-hybridized carbons (Fsp3) is 0.294. The largest absolute Gasteiger partial charge is 0.310 e. The summed E-state index contributed by atoms with van der Waals surface area (Å²) in [5, 5.41) is 3.94. The third-order valence-electron chi connectivity index (χ3n) is 3.33. The van der Waals surface area contributed by atoms with Gasteiger partial charge in [-0.1, -0.05) is 30.7 Å². The molecule has 0 aliphatic rings. The molecular weight excluding hydrogens is 292 g/mol. The van der Waals surface area contributed by atoms with Gasteiger partial charge in [0.15, 0.2) is 0 Å². The van der Waals surface area contributed by atoms with Gasteiger partial charge in [0.2, 0.25) is 0 Å². The number of hydrogen-bond donors (Lipinski definition) is 1. The minimum Gasteiger partial charge on any atom is -0.310 e. The highest BCUT2D eigenvalue weighted by molar-refractivity contribution is 6.30. The van der Waals surface area contributed by atoms with Gasteiger partial charge in [0, 0.05) is 16.6 Å². The molecule has 2 aromatic rings. The first kappa shape index (κ1) is 15.9. The van der Waals surface area contributed by atoms with Gasteiger partial charge in [-0.05, 0) is 55.3 Å². The molecule has 1 atom stereocenters. The Balaban J connectivity index is 2.25. The standard InChI is InChI=1S/C17H18ClF2N/c1-2-9-21-17(10-12-3-5-13(18)6-4-12)15-11-14(19)7-8-16(15)20/h3-8,11,17,21H,2,9-10H2,1H3. The third kappa shape index (κ3) is 4.51. The predicted octanol–water partition coefficient (Wildman–Crippen LogP) is 4.90. The van der Waals surface area contributed by atoms with E-state index in [1.54, 1.807) is 12.1 Å². The van der Waals surface area contributed by atoms with Gasteiger partial charge in [-0.25, -0.2) is 8.78 Å². The van der Waals surface area contributed by atoms with E-state index in [1.807, 2.05) is 19.1 Å². The van der Waals surface area contributed by atoms with Crippen molar-refractivity contribution in [3.05, 3.63) is 70.2 Å². The van der Waals surface area contributed by atoms with Crippen LogP contribution >= 0.6 is 11.6 Å². The number of halogens is 3. The highest BCUT2D eigenvalue weighted by atomic mass is 35.5. The Morgan fingerprint density at radius 3 is 2.48 bits per heavy atom. The maximum Gasteiger partial charge on any atom is 0.128 e. The summed E-state index contributed by atoms with van der Waals surface area (Å²) >= 11 is 5.87. The first-order valence-electron chi connectivity index (χ1n) is 7.03. The summed E-state index contributed by atoms with van der Waals surface area (Å²) < 4.78 is 27.4. The highest BCUT2D eigenvalue weighted by Gasteiger charge is 2.16. The quantitative estimate of drug-likeness (QED) is 0.800. The van der Waals surface area contributed by atoms with Crippen LogP contribution in [0, 0.1) is 11.6 Å². The molecule has 4 heteroatoms. The zero-order valence-corrected chi connectivity index (χ0v) is 12.6. The molecule has 0 heterocycles. The Labute approximate surface area is 128 Å². The fourth-order valence-corrected chi connectivity index (χ4v) is 2.37. The van der Waals surface area contributed by atoms with Crippen LogP contribution in [0.2, 0.25) is 5.02 Å². The summed E-state index contributed by atoms with van der Waals surface area (Å²) in [7, 11) is 0. The van der Waals surface area contributed by atoms with Crippen LogP contribution < -0.4 is 5.32 Å². The Hall–Kier alpha value is -1.45. The Morgan fingerprint density at radius 1 is 1.10 bits per heavy atom. The van der Waals surface area contributed by atoms with Crippen molar-refractivity contribution in [1.82, 2.24) is 5.32 Å². The van der Waals surface area contributed by atoms with Gasteiger partial charge in [-0.15, -0.1) is 0 Å².